The van der Waals surface area contributed by atoms with Crippen molar-refractivity contribution in [3.63, 3.8) is 0 Å². The summed E-state index contributed by atoms with van der Waals surface area (Å²) in [5.41, 5.74) is 0. The smallest absolute Gasteiger partial charge is 0.235 e. The van der Waals surface area contributed by atoms with E-state index in [1.54, 1.807) is 4.68 Å². The fourth-order valence-corrected chi connectivity index (χ4v) is 3.02. The first-order chi connectivity index (χ1) is 8.68. The third-order valence-electron chi connectivity index (χ3n) is 3.22. The van der Waals surface area contributed by atoms with Crippen LogP contribution in [0.25, 0.3) is 0 Å². The monoisotopic (exact) mass is 268 g/mol. The number of rotatable bonds is 3. The molecular weight excluding hydrogens is 248 g/mol. The maximum Gasteiger partial charge on any atom is 0.235 e. The molecule has 1 aliphatic heterocycles. The van der Waals surface area contributed by atoms with E-state index in [2.05, 4.69) is 10.1 Å². The van der Waals surface area contributed by atoms with E-state index in [9.17, 15) is 4.79 Å². The van der Waals surface area contributed by atoms with Crippen LogP contribution in [0.15, 0.2) is 11.5 Å². The first-order valence-corrected chi connectivity index (χ1v) is 7.36. The Labute approximate surface area is 112 Å². The number of aromatic nitrogens is 3. The summed E-state index contributed by atoms with van der Waals surface area (Å²) < 4.78 is 1.71. The fraction of sp³-hybridized carbons (Fsp3) is 0.750. The van der Waals surface area contributed by atoms with Gasteiger partial charge in [-0.25, -0.2) is 9.67 Å². The van der Waals surface area contributed by atoms with Crippen LogP contribution in [0.2, 0.25) is 0 Å². The van der Waals surface area contributed by atoms with Crippen molar-refractivity contribution < 1.29 is 4.79 Å². The summed E-state index contributed by atoms with van der Waals surface area (Å²) in [5, 5.41) is 4.72. The molecule has 1 aromatic rings. The number of carbonyl (C=O) groups excluding carboxylic acids is 1. The Morgan fingerprint density at radius 2 is 2.00 bits per heavy atom. The SMILES string of the molecule is C[C@H](Sc1ncnn1C)C(=O)N1CCCCCC1. The summed E-state index contributed by atoms with van der Waals surface area (Å²) in [4.78, 5) is 18.5. The summed E-state index contributed by atoms with van der Waals surface area (Å²) in [6, 6.07) is 0. The third-order valence-corrected chi connectivity index (χ3v) is 4.35. The fourth-order valence-electron chi connectivity index (χ4n) is 2.15. The minimum Gasteiger partial charge on any atom is -0.342 e. The normalized spacial score (nSPS) is 18.4. The molecule has 2 heterocycles. The molecule has 0 saturated carbocycles. The van der Waals surface area contributed by atoms with Gasteiger partial charge in [-0.05, 0) is 19.8 Å². The molecule has 1 fully saturated rings. The Morgan fingerprint density at radius 1 is 1.33 bits per heavy atom. The van der Waals surface area contributed by atoms with Crippen LogP contribution in [-0.2, 0) is 11.8 Å². The summed E-state index contributed by atoms with van der Waals surface area (Å²) >= 11 is 1.48. The maximum absolute atomic E-state index is 12.3. The number of hydrogen-bond donors (Lipinski definition) is 0. The molecule has 1 aromatic heterocycles. The summed E-state index contributed by atoms with van der Waals surface area (Å²) in [7, 11) is 1.85. The van der Waals surface area contributed by atoms with Crippen LogP contribution >= 0.6 is 11.8 Å². The van der Waals surface area contributed by atoms with E-state index < -0.39 is 0 Å². The second kappa shape index (κ2) is 6.22. The van der Waals surface area contributed by atoms with Crippen molar-refractivity contribution in [3.05, 3.63) is 6.33 Å². The van der Waals surface area contributed by atoms with Gasteiger partial charge in [0.1, 0.15) is 6.33 Å². The highest BCUT2D eigenvalue weighted by molar-refractivity contribution is 8.00. The van der Waals surface area contributed by atoms with Crippen molar-refractivity contribution in [1.82, 2.24) is 19.7 Å². The van der Waals surface area contributed by atoms with Gasteiger partial charge in [0.05, 0.1) is 5.25 Å². The summed E-state index contributed by atoms with van der Waals surface area (Å²) in [5.74, 6) is 0.227. The van der Waals surface area contributed by atoms with E-state index in [1.807, 2.05) is 18.9 Å². The zero-order chi connectivity index (χ0) is 13.0. The Hall–Kier alpha value is -1.04. The van der Waals surface area contributed by atoms with Gasteiger partial charge in [-0.15, -0.1) is 0 Å². The van der Waals surface area contributed by atoms with Crippen LogP contribution in [0.3, 0.4) is 0 Å². The highest BCUT2D eigenvalue weighted by Gasteiger charge is 2.23. The molecule has 1 amide bonds. The van der Waals surface area contributed by atoms with Gasteiger partial charge < -0.3 is 4.90 Å². The van der Waals surface area contributed by atoms with Gasteiger partial charge in [-0.2, -0.15) is 5.10 Å². The number of likely N-dealkylation sites (tertiary alicyclic amines) is 1. The van der Waals surface area contributed by atoms with Gasteiger partial charge in [0.2, 0.25) is 5.91 Å². The first-order valence-electron chi connectivity index (χ1n) is 6.48. The van der Waals surface area contributed by atoms with Crippen molar-refractivity contribution in [2.24, 2.45) is 7.05 Å². The van der Waals surface area contributed by atoms with Gasteiger partial charge in [0, 0.05) is 20.1 Å². The van der Waals surface area contributed by atoms with E-state index in [1.165, 1.54) is 30.9 Å². The number of thioether (sulfide) groups is 1. The topological polar surface area (TPSA) is 51.0 Å². The Morgan fingerprint density at radius 3 is 2.56 bits per heavy atom. The summed E-state index contributed by atoms with van der Waals surface area (Å²) in [6.45, 7) is 3.76. The average Bonchev–Trinajstić information content (AvgIpc) is 2.63. The standard InChI is InChI=1S/C12H20N4OS/c1-10(18-12-13-9-14-15(12)2)11(17)16-7-5-3-4-6-8-16/h9-10H,3-8H2,1-2H3/t10-/m0/s1. The number of nitrogens with zero attached hydrogens (tertiary/aromatic N) is 4. The zero-order valence-electron chi connectivity index (χ0n) is 11.0. The van der Waals surface area contributed by atoms with Crippen LogP contribution < -0.4 is 0 Å². The molecule has 1 saturated heterocycles. The molecule has 1 atom stereocenters. The lowest BCUT2D eigenvalue weighted by atomic mass is 10.2. The molecule has 0 aromatic carbocycles. The molecule has 0 aliphatic carbocycles. The highest BCUT2D eigenvalue weighted by Crippen LogP contribution is 2.22. The predicted molar refractivity (Wildman–Crippen MR) is 71.4 cm³/mol. The molecule has 0 N–H and O–H groups in total. The van der Waals surface area contributed by atoms with Crippen LogP contribution in [0.1, 0.15) is 32.6 Å². The number of amides is 1. The quantitative estimate of drug-likeness (QED) is 0.783. The van der Waals surface area contributed by atoms with Crippen molar-refractivity contribution in [2.45, 2.75) is 43.0 Å². The van der Waals surface area contributed by atoms with Crippen molar-refractivity contribution in [3.8, 4) is 0 Å². The van der Waals surface area contributed by atoms with Gasteiger partial charge in [-0.3, -0.25) is 4.79 Å². The molecule has 0 spiro atoms. The van der Waals surface area contributed by atoms with Crippen molar-refractivity contribution in [2.75, 3.05) is 13.1 Å². The van der Waals surface area contributed by atoms with Crippen LogP contribution in [0.4, 0.5) is 0 Å². The van der Waals surface area contributed by atoms with Gasteiger partial charge in [0.15, 0.2) is 5.16 Å². The first kappa shape index (κ1) is 13.4. The lowest BCUT2D eigenvalue weighted by Crippen LogP contribution is -2.37. The zero-order valence-corrected chi connectivity index (χ0v) is 11.8. The van der Waals surface area contributed by atoms with E-state index in [0.717, 1.165) is 31.1 Å². The van der Waals surface area contributed by atoms with Crippen LogP contribution in [-0.4, -0.2) is 43.9 Å². The van der Waals surface area contributed by atoms with Crippen molar-refractivity contribution >= 4 is 17.7 Å². The number of hydrogen-bond acceptors (Lipinski definition) is 4. The molecule has 5 nitrogen and oxygen atoms in total. The Kier molecular flexibility index (Phi) is 4.63. The molecular formula is C12H20N4OS. The van der Waals surface area contributed by atoms with Crippen LogP contribution in [0.5, 0.6) is 0 Å². The molecule has 6 heteroatoms. The predicted octanol–water partition coefficient (Wildman–Crippen LogP) is 1.70. The van der Waals surface area contributed by atoms with E-state index in [0.29, 0.717) is 0 Å². The van der Waals surface area contributed by atoms with E-state index in [-0.39, 0.29) is 11.2 Å². The molecule has 0 bridgehead atoms. The number of aryl methyl sites for hydroxylation is 1. The second-order valence-electron chi connectivity index (χ2n) is 4.67. The highest BCUT2D eigenvalue weighted by atomic mass is 32.2. The number of carbonyl (C=O) groups is 1. The Balaban J connectivity index is 1.93. The molecule has 0 unspecified atom stereocenters. The average molecular weight is 268 g/mol. The summed E-state index contributed by atoms with van der Waals surface area (Å²) in [6.07, 6.45) is 6.27. The largest absolute Gasteiger partial charge is 0.342 e. The lowest BCUT2D eigenvalue weighted by molar-refractivity contribution is -0.130. The molecule has 0 radical (unpaired) electrons. The van der Waals surface area contributed by atoms with Crippen LogP contribution in [0, 0.1) is 0 Å². The third kappa shape index (κ3) is 3.25. The lowest BCUT2D eigenvalue weighted by Gasteiger charge is -2.23. The molecule has 18 heavy (non-hydrogen) atoms. The second-order valence-corrected chi connectivity index (χ2v) is 5.97. The minimum absolute atomic E-state index is 0.0917. The maximum atomic E-state index is 12.3. The van der Waals surface area contributed by atoms with E-state index in [4.69, 9.17) is 0 Å². The molecule has 100 valence electrons. The molecule has 2 rings (SSSR count). The minimum atomic E-state index is -0.0917. The van der Waals surface area contributed by atoms with Gasteiger partial charge in [-0.1, -0.05) is 24.6 Å². The molecule has 1 aliphatic rings. The van der Waals surface area contributed by atoms with E-state index >= 15 is 0 Å². The Bertz CT molecular complexity index is 399. The van der Waals surface area contributed by atoms with Gasteiger partial charge in [0.25, 0.3) is 0 Å². The van der Waals surface area contributed by atoms with Gasteiger partial charge >= 0.3 is 0 Å². The van der Waals surface area contributed by atoms with Crippen molar-refractivity contribution in [1.29, 1.82) is 0 Å².